The van der Waals surface area contributed by atoms with Crippen molar-refractivity contribution in [3.63, 3.8) is 0 Å². The number of ether oxygens (including phenoxy) is 1. The fourth-order valence-electron chi connectivity index (χ4n) is 1.78. The van der Waals surface area contributed by atoms with Crippen LogP contribution < -0.4 is 0 Å². The second-order valence-electron chi connectivity index (χ2n) is 3.82. The van der Waals surface area contributed by atoms with Crippen LogP contribution in [0.1, 0.15) is 5.56 Å². The van der Waals surface area contributed by atoms with E-state index in [-0.39, 0.29) is 18.9 Å². The number of thiophene rings is 1. The number of aliphatic carboxylic acids is 1. The number of carbonyl (C=O) groups is 2. The maximum atomic E-state index is 12.0. The first kappa shape index (κ1) is 12.1. The third kappa shape index (κ3) is 2.83. The Morgan fingerprint density at radius 1 is 1.59 bits per heavy atom. The smallest absolute Gasteiger partial charge is 0.328 e. The van der Waals surface area contributed by atoms with Gasteiger partial charge in [0.1, 0.15) is 0 Å². The van der Waals surface area contributed by atoms with Gasteiger partial charge in [0.25, 0.3) is 0 Å². The molecule has 1 aromatic rings. The van der Waals surface area contributed by atoms with Gasteiger partial charge < -0.3 is 14.7 Å². The van der Waals surface area contributed by atoms with Crippen molar-refractivity contribution in [1.29, 1.82) is 0 Å². The predicted octanol–water partition coefficient (Wildman–Crippen LogP) is 0.603. The summed E-state index contributed by atoms with van der Waals surface area (Å²) in [5.41, 5.74) is 0.927. The first-order valence-corrected chi connectivity index (χ1v) is 6.24. The van der Waals surface area contributed by atoms with Crippen molar-refractivity contribution < 1.29 is 19.4 Å². The van der Waals surface area contributed by atoms with Crippen molar-refractivity contribution in [3.05, 3.63) is 22.4 Å². The Kier molecular flexibility index (Phi) is 3.75. The molecule has 0 unspecified atom stereocenters. The number of hydrogen-bond donors (Lipinski definition) is 1. The average molecular weight is 255 g/mol. The average Bonchev–Trinajstić information content (AvgIpc) is 2.81. The summed E-state index contributed by atoms with van der Waals surface area (Å²) in [7, 11) is 0. The summed E-state index contributed by atoms with van der Waals surface area (Å²) in [4.78, 5) is 24.4. The minimum atomic E-state index is -1.01. The number of morpholine rings is 1. The molecule has 1 amide bonds. The Morgan fingerprint density at radius 2 is 2.41 bits per heavy atom. The summed E-state index contributed by atoms with van der Waals surface area (Å²) in [5.74, 6) is -1.16. The van der Waals surface area contributed by atoms with E-state index in [4.69, 9.17) is 9.84 Å². The monoisotopic (exact) mass is 255 g/mol. The first-order chi connectivity index (χ1) is 8.18. The second kappa shape index (κ2) is 5.29. The van der Waals surface area contributed by atoms with Gasteiger partial charge in [-0.15, -0.1) is 0 Å². The van der Waals surface area contributed by atoms with E-state index in [1.54, 1.807) is 0 Å². The third-order valence-corrected chi connectivity index (χ3v) is 3.40. The van der Waals surface area contributed by atoms with E-state index in [1.807, 2.05) is 16.8 Å². The highest BCUT2D eigenvalue weighted by Gasteiger charge is 2.32. The summed E-state index contributed by atoms with van der Waals surface area (Å²) in [6.45, 7) is 0.823. The van der Waals surface area contributed by atoms with Crippen molar-refractivity contribution in [3.8, 4) is 0 Å². The van der Waals surface area contributed by atoms with Crippen molar-refractivity contribution in [1.82, 2.24) is 4.90 Å². The molecule has 0 radical (unpaired) electrons. The summed E-state index contributed by atoms with van der Waals surface area (Å²) >= 11 is 1.52. The Hall–Kier alpha value is -1.40. The molecule has 1 atom stereocenters. The van der Waals surface area contributed by atoms with Gasteiger partial charge >= 0.3 is 5.97 Å². The molecule has 2 heterocycles. The number of rotatable bonds is 3. The van der Waals surface area contributed by atoms with Crippen LogP contribution >= 0.6 is 11.3 Å². The van der Waals surface area contributed by atoms with Crippen molar-refractivity contribution in [2.75, 3.05) is 19.8 Å². The minimum absolute atomic E-state index is 0.0741. The van der Waals surface area contributed by atoms with Crippen LogP contribution in [0.4, 0.5) is 0 Å². The standard InChI is InChI=1S/C11H13NO4S/c13-10(5-8-1-4-17-7-8)12-2-3-16-6-9(12)11(14)15/h1,4,7,9H,2-3,5-6H2,(H,14,15)/t9-/m1/s1. The zero-order valence-corrected chi connectivity index (χ0v) is 9.98. The quantitative estimate of drug-likeness (QED) is 0.859. The predicted molar refractivity (Wildman–Crippen MR) is 62.0 cm³/mol. The third-order valence-electron chi connectivity index (χ3n) is 2.67. The molecule has 0 aliphatic carbocycles. The molecular weight excluding hydrogens is 242 g/mol. The Bertz CT molecular complexity index is 404. The molecule has 6 heteroatoms. The molecule has 1 aliphatic rings. The molecule has 1 fully saturated rings. The lowest BCUT2D eigenvalue weighted by atomic mass is 10.1. The summed E-state index contributed by atoms with van der Waals surface area (Å²) in [5, 5.41) is 12.8. The van der Waals surface area contributed by atoms with E-state index in [1.165, 1.54) is 16.2 Å². The fourth-order valence-corrected chi connectivity index (χ4v) is 2.44. The number of nitrogens with zero attached hydrogens (tertiary/aromatic N) is 1. The lowest BCUT2D eigenvalue weighted by molar-refractivity contribution is -0.158. The zero-order valence-electron chi connectivity index (χ0n) is 9.17. The molecule has 17 heavy (non-hydrogen) atoms. The van der Waals surface area contributed by atoms with E-state index in [2.05, 4.69) is 0 Å². The molecule has 2 rings (SSSR count). The van der Waals surface area contributed by atoms with Gasteiger partial charge in [-0.2, -0.15) is 11.3 Å². The van der Waals surface area contributed by atoms with E-state index in [0.717, 1.165) is 5.56 Å². The summed E-state index contributed by atoms with van der Waals surface area (Å²) < 4.78 is 5.09. The molecule has 1 aromatic heterocycles. The van der Waals surface area contributed by atoms with E-state index in [9.17, 15) is 9.59 Å². The lowest BCUT2D eigenvalue weighted by Crippen LogP contribution is -2.53. The molecule has 0 bridgehead atoms. The highest BCUT2D eigenvalue weighted by molar-refractivity contribution is 7.07. The van der Waals surface area contributed by atoms with Gasteiger partial charge in [-0.1, -0.05) is 0 Å². The van der Waals surface area contributed by atoms with Crippen LogP contribution in [0, 0.1) is 0 Å². The van der Waals surface area contributed by atoms with Crippen LogP contribution in [-0.2, 0) is 20.7 Å². The minimum Gasteiger partial charge on any atom is -0.480 e. The SMILES string of the molecule is O=C(O)[C@H]1COCCN1C(=O)Cc1ccsc1. The van der Waals surface area contributed by atoms with Crippen LogP contribution in [0.5, 0.6) is 0 Å². The molecule has 0 aromatic carbocycles. The maximum absolute atomic E-state index is 12.0. The molecule has 1 saturated heterocycles. The highest BCUT2D eigenvalue weighted by Crippen LogP contribution is 2.12. The van der Waals surface area contributed by atoms with Gasteiger partial charge in [0.05, 0.1) is 19.6 Å². The topological polar surface area (TPSA) is 66.8 Å². The summed E-state index contributed by atoms with van der Waals surface area (Å²) in [6.07, 6.45) is 0.257. The van der Waals surface area contributed by atoms with Crippen molar-refractivity contribution in [2.45, 2.75) is 12.5 Å². The number of hydrogen-bond acceptors (Lipinski definition) is 4. The molecule has 0 spiro atoms. The molecule has 92 valence electrons. The van der Waals surface area contributed by atoms with Gasteiger partial charge in [-0.05, 0) is 22.4 Å². The fraction of sp³-hybridized carbons (Fsp3) is 0.455. The van der Waals surface area contributed by atoms with Gasteiger partial charge in [0.15, 0.2) is 6.04 Å². The van der Waals surface area contributed by atoms with Gasteiger partial charge in [-0.3, -0.25) is 4.79 Å². The van der Waals surface area contributed by atoms with Crippen LogP contribution in [0.25, 0.3) is 0 Å². The number of carbonyl (C=O) groups excluding carboxylic acids is 1. The summed E-state index contributed by atoms with van der Waals surface area (Å²) in [6, 6.07) is 1.02. The Labute approximate surface area is 103 Å². The van der Waals surface area contributed by atoms with Gasteiger partial charge in [0, 0.05) is 6.54 Å². The number of carboxylic acid groups (broad SMARTS) is 1. The zero-order chi connectivity index (χ0) is 12.3. The lowest BCUT2D eigenvalue weighted by Gasteiger charge is -2.32. The van der Waals surface area contributed by atoms with Crippen LogP contribution in [-0.4, -0.2) is 47.7 Å². The molecular formula is C11H13NO4S. The van der Waals surface area contributed by atoms with E-state index < -0.39 is 12.0 Å². The van der Waals surface area contributed by atoms with E-state index in [0.29, 0.717) is 13.2 Å². The molecule has 5 nitrogen and oxygen atoms in total. The van der Waals surface area contributed by atoms with Crippen molar-refractivity contribution >= 4 is 23.2 Å². The molecule has 0 saturated carbocycles. The van der Waals surface area contributed by atoms with E-state index >= 15 is 0 Å². The number of carboxylic acids is 1. The highest BCUT2D eigenvalue weighted by atomic mass is 32.1. The normalized spacial score (nSPS) is 20.2. The van der Waals surface area contributed by atoms with Gasteiger partial charge in [0.2, 0.25) is 5.91 Å². The Balaban J connectivity index is 2.03. The van der Waals surface area contributed by atoms with Crippen LogP contribution in [0.15, 0.2) is 16.8 Å². The van der Waals surface area contributed by atoms with Crippen molar-refractivity contribution in [2.24, 2.45) is 0 Å². The van der Waals surface area contributed by atoms with Crippen LogP contribution in [0.3, 0.4) is 0 Å². The Morgan fingerprint density at radius 3 is 3.06 bits per heavy atom. The molecule has 1 N–H and O–H groups in total. The second-order valence-corrected chi connectivity index (χ2v) is 4.60. The molecule has 1 aliphatic heterocycles. The number of amides is 1. The first-order valence-electron chi connectivity index (χ1n) is 5.29. The van der Waals surface area contributed by atoms with Gasteiger partial charge in [-0.25, -0.2) is 4.79 Å². The van der Waals surface area contributed by atoms with Crippen LogP contribution in [0.2, 0.25) is 0 Å². The largest absolute Gasteiger partial charge is 0.480 e. The maximum Gasteiger partial charge on any atom is 0.328 e.